The van der Waals surface area contributed by atoms with E-state index in [1.807, 2.05) is 90.8 Å². The highest BCUT2D eigenvalue weighted by Gasteiger charge is 2.14. The van der Waals surface area contributed by atoms with E-state index in [0.29, 0.717) is 5.75 Å². The quantitative estimate of drug-likeness (QED) is 0.618. The zero-order valence-electron chi connectivity index (χ0n) is 17.7. The van der Waals surface area contributed by atoms with Gasteiger partial charge in [-0.15, -0.1) is 0 Å². The summed E-state index contributed by atoms with van der Waals surface area (Å²) >= 11 is 0. The summed E-state index contributed by atoms with van der Waals surface area (Å²) in [5.41, 5.74) is 2.78. The number of ether oxygens (including phenoxy) is 2. The standard InChI is InChI=1S/C25H27N3O3/c1-27(23-9-5-6-10-24(23)31-22-7-3-2-4-8-22)19-25(29)26-20-11-13-21(14-12-20)28-15-17-30-18-16-28/h2-14H,15-19H2,1H3,(H,26,29). The highest BCUT2D eigenvalue weighted by atomic mass is 16.5. The van der Waals surface area contributed by atoms with E-state index in [1.165, 1.54) is 0 Å². The SMILES string of the molecule is CN(CC(=O)Nc1ccc(N2CCOCC2)cc1)c1ccccc1Oc1ccccc1. The number of likely N-dealkylation sites (N-methyl/N-ethyl adjacent to an activating group) is 1. The molecule has 0 spiro atoms. The van der Waals surface area contributed by atoms with Crippen molar-refractivity contribution in [1.29, 1.82) is 0 Å². The van der Waals surface area contributed by atoms with Crippen LogP contribution in [0, 0.1) is 0 Å². The van der Waals surface area contributed by atoms with Crippen LogP contribution in [0.3, 0.4) is 0 Å². The number of benzene rings is 3. The average Bonchev–Trinajstić information content (AvgIpc) is 2.81. The Morgan fingerprint density at radius 3 is 2.39 bits per heavy atom. The molecule has 3 aromatic carbocycles. The van der Waals surface area contributed by atoms with Gasteiger partial charge in [0.2, 0.25) is 5.91 Å². The van der Waals surface area contributed by atoms with Crippen molar-refractivity contribution < 1.29 is 14.3 Å². The zero-order chi connectivity index (χ0) is 21.5. The van der Waals surface area contributed by atoms with Crippen LogP contribution in [0.5, 0.6) is 11.5 Å². The summed E-state index contributed by atoms with van der Waals surface area (Å²) in [6.45, 7) is 3.49. The Morgan fingerprint density at radius 1 is 0.968 bits per heavy atom. The summed E-state index contributed by atoms with van der Waals surface area (Å²) in [5, 5.41) is 2.98. The summed E-state index contributed by atoms with van der Waals surface area (Å²) < 4.78 is 11.4. The number of anilines is 3. The minimum absolute atomic E-state index is 0.0869. The van der Waals surface area contributed by atoms with Crippen molar-refractivity contribution in [3.8, 4) is 11.5 Å². The van der Waals surface area contributed by atoms with E-state index in [9.17, 15) is 4.79 Å². The van der Waals surface area contributed by atoms with Gasteiger partial charge in [0.15, 0.2) is 5.75 Å². The van der Waals surface area contributed by atoms with E-state index >= 15 is 0 Å². The zero-order valence-corrected chi connectivity index (χ0v) is 17.7. The highest BCUT2D eigenvalue weighted by molar-refractivity contribution is 5.94. The molecule has 1 aliphatic heterocycles. The van der Waals surface area contributed by atoms with Crippen molar-refractivity contribution in [3.05, 3.63) is 78.9 Å². The Labute approximate surface area is 183 Å². The number of morpholine rings is 1. The van der Waals surface area contributed by atoms with Crippen molar-refractivity contribution >= 4 is 23.0 Å². The number of nitrogens with zero attached hydrogens (tertiary/aromatic N) is 2. The van der Waals surface area contributed by atoms with Gasteiger partial charge in [0.05, 0.1) is 25.4 Å². The molecule has 0 bridgehead atoms. The Morgan fingerprint density at radius 2 is 1.65 bits per heavy atom. The molecule has 4 rings (SSSR count). The van der Waals surface area contributed by atoms with Crippen molar-refractivity contribution in [3.63, 3.8) is 0 Å². The fourth-order valence-electron chi connectivity index (χ4n) is 3.55. The Balaban J connectivity index is 1.36. The second kappa shape index (κ2) is 10.00. The van der Waals surface area contributed by atoms with E-state index in [0.717, 1.165) is 49.1 Å². The topological polar surface area (TPSA) is 54.0 Å². The molecule has 0 atom stereocenters. The van der Waals surface area contributed by atoms with E-state index in [-0.39, 0.29) is 12.5 Å². The normalized spacial score (nSPS) is 13.5. The number of carbonyl (C=O) groups excluding carboxylic acids is 1. The van der Waals surface area contributed by atoms with Gasteiger partial charge in [-0.05, 0) is 48.5 Å². The molecule has 3 aromatic rings. The molecule has 0 saturated carbocycles. The molecular formula is C25H27N3O3. The van der Waals surface area contributed by atoms with Gasteiger partial charge in [0.25, 0.3) is 0 Å². The third-order valence-corrected chi connectivity index (χ3v) is 5.16. The first-order valence-corrected chi connectivity index (χ1v) is 10.4. The maximum absolute atomic E-state index is 12.6. The molecule has 1 saturated heterocycles. The molecule has 160 valence electrons. The summed E-state index contributed by atoms with van der Waals surface area (Å²) in [6.07, 6.45) is 0. The van der Waals surface area contributed by atoms with Crippen molar-refractivity contribution in [2.24, 2.45) is 0 Å². The molecular weight excluding hydrogens is 390 g/mol. The Bertz CT molecular complexity index is 986. The van der Waals surface area contributed by atoms with Gasteiger partial charge >= 0.3 is 0 Å². The van der Waals surface area contributed by atoms with Crippen molar-refractivity contribution in [2.45, 2.75) is 0 Å². The molecule has 0 radical (unpaired) electrons. The summed E-state index contributed by atoms with van der Waals surface area (Å²) in [5.74, 6) is 1.38. The maximum atomic E-state index is 12.6. The monoisotopic (exact) mass is 417 g/mol. The van der Waals surface area contributed by atoms with Gasteiger partial charge in [-0.25, -0.2) is 0 Å². The summed E-state index contributed by atoms with van der Waals surface area (Å²) in [4.78, 5) is 16.8. The number of para-hydroxylation sites is 3. The molecule has 6 heteroatoms. The lowest BCUT2D eigenvalue weighted by molar-refractivity contribution is -0.114. The van der Waals surface area contributed by atoms with E-state index in [4.69, 9.17) is 9.47 Å². The average molecular weight is 418 g/mol. The van der Waals surface area contributed by atoms with Crippen LogP contribution in [0.1, 0.15) is 0 Å². The van der Waals surface area contributed by atoms with Crippen LogP contribution in [0.25, 0.3) is 0 Å². The molecule has 0 unspecified atom stereocenters. The molecule has 1 fully saturated rings. The molecule has 1 aliphatic rings. The van der Waals surface area contributed by atoms with Gasteiger partial charge in [0.1, 0.15) is 5.75 Å². The van der Waals surface area contributed by atoms with Gasteiger partial charge in [0, 0.05) is 31.5 Å². The van der Waals surface area contributed by atoms with Gasteiger partial charge < -0.3 is 24.6 Å². The van der Waals surface area contributed by atoms with E-state index in [2.05, 4.69) is 10.2 Å². The lowest BCUT2D eigenvalue weighted by Gasteiger charge is -2.29. The minimum atomic E-state index is -0.0869. The van der Waals surface area contributed by atoms with Crippen LogP contribution in [0.2, 0.25) is 0 Å². The summed E-state index contributed by atoms with van der Waals surface area (Å²) in [6, 6.07) is 25.3. The maximum Gasteiger partial charge on any atom is 0.243 e. The highest BCUT2D eigenvalue weighted by Crippen LogP contribution is 2.31. The number of hydrogen-bond acceptors (Lipinski definition) is 5. The largest absolute Gasteiger partial charge is 0.455 e. The molecule has 31 heavy (non-hydrogen) atoms. The lowest BCUT2D eigenvalue weighted by atomic mass is 10.2. The molecule has 0 aliphatic carbocycles. The van der Waals surface area contributed by atoms with Crippen molar-refractivity contribution in [2.75, 3.05) is 55.0 Å². The van der Waals surface area contributed by atoms with Crippen LogP contribution in [0.15, 0.2) is 78.9 Å². The molecule has 0 aromatic heterocycles. The third-order valence-electron chi connectivity index (χ3n) is 5.16. The second-order valence-electron chi connectivity index (χ2n) is 7.43. The minimum Gasteiger partial charge on any atom is -0.455 e. The fraction of sp³-hybridized carbons (Fsp3) is 0.240. The first-order chi connectivity index (χ1) is 15.2. The molecule has 1 amide bonds. The Hall–Kier alpha value is -3.51. The first kappa shape index (κ1) is 20.8. The Kier molecular flexibility index (Phi) is 6.69. The number of carbonyl (C=O) groups is 1. The first-order valence-electron chi connectivity index (χ1n) is 10.4. The predicted molar refractivity (Wildman–Crippen MR) is 124 cm³/mol. The van der Waals surface area contributed by atoms with Crippen molar-refractivity contribution in [1.82, 2.24) is 0 Å². The summed E-state index contributed by atoms with van der Waals surface area (Å²) in [7, 11) is 1.88. The van der Waals surface area contributed by atoms with E-state index < -0.39 is 0 Å². The number of nitrogens with one attached hydrogen (secondary N) is 1. The van der Waals surface area contributed by atoms with Crippen LogP contribution in [-0.4, -0.2) is 45.8 Å². The van der Waals surface area contributed by atoms with Crippen LogP contribution in [-0.2, 0) is 9.53 Å². The van der Waals surface area contributed by atoms with E-state index in [1.54, 1.807) is 0 Å². The fourth-order valence-corrected chi connectivity index (χ4v) is 3.55. The number of rotatable bonds is 7. The van der Waals surface area contributed by atoms with Gasteiger partial charge in [-0.3, -0.25) is 4.79 Å². The van der Waals surface area contributed by atoms with Crippen LogP contribution in [0.4, 0.5) is 17.1 Å². The second-order valence-corrected chi connectivity index (χ2v) is 7.43. The molecule has 1 N–H and O–H groups in total. The molecule has 1 heterocycles. The van der Waals surface area contributed by atoms with Crippen LogP contribution >= 0.6 is 0 Å². The number of hydrogen-bond donors (Lipinski definition) is 1. The van der Waals surface area contributed by atoms with Gasteiger partial charge in [-0.1, -0.05) is 30.3 Å². The molecule has 6 nitrogen and oxygen atoms in total. The van der Waals surface area contributed by atoms with Crippen LogP contribution < -0.4 is 19.9 Å². The predicted octanol–water partition coefficient (Wildman–Crippen LogP) is 4.39. The third kappa shape index (κ3) is 5.55. The van der Waals surface area contributed by atoms with Gasteiger partial charge in [-0.2, -0.15) is 0 Å². The lowest BCUT2D eigenvalue weighted by Crippen LogP contribution is -2.36. The number of amides is 1. The smallest absolute Gasteiger partial charge is 0.243 e.